The lowest BCUT2D eigenvalue weighted by Gasteiger charge is -2.32. The van der Waals surface area contributed by atoms with Crippen LogP contribution in [0.25, 0.3) is 0 Å². The van der Waals surface area contributed by atoms with Crippen LogP contribution >= 0.6 is 0 Å². The zero-order valence-corrected chi connectivity index (χ0v) is 12.9. The Hall–Kier alpha value is -1.58. The van der Waals surface area contributed by atoms with E-state index >= 15 is 0 Å². The highest BCUT2D eigenvalue weighted by atomic mass is 19.1. The van der Waals surface area contributed by atoms with E-state index in [1.165, 1.54) is 17.7 Å². The smallest absolute Gasteiger partial charge is 0.317 e. The summed E-state index contributed by atoms with van der Waals surface area (Å²) >= 11 is 0. The number of nitrogens with zero attached hydrogens (tertiary/aromatic N) is 1. The molecule has 1 saturated heterocycles. The third-order valence-corrected chi connectivity index (χ3v) is 4.00. The fourth-order valence-electron chi connectivity index (χ4n) is 2.70. The summed E-state index contributed by atoms with van der Waals surface area (Å²) in [6, 6.07) is 6.81. The van der Waals surface area contributed by atoms with Gasteiger partial charge in [-0.2, -0.15) is 0 Å². The van der Waals surface area contributed by atoms with Crippen LogP contribution in [0.15, 0.2) is 24.3 Å². The molecule has 0 saturated carbocycles. The van der Waals surface area contributed by atoms with Crippen LogP contribution in [0.5, 0.6) is 0 Å². The minimum Gasteiger partial charge on any atom is -0.338 e. The summed E-state index contributed by atoms with van der Waals surface area (Å²) in [7, 11) is 0. The molecule has 0 atom stereocenters. The van der Waals surface area contributed by atoms with Gasteiger partial charge in [0.05, 0.1) is 0 Å². The molecule has 2 rings (SSSR count). The second-order valence-corrected chi connectivity index (χ2v) is 6.34. The van der Waals surface area contributed by atoms with Gasteiger partial charge in [-0.15, -0.1) is 0 Å². The molecule has 0 aliphatic carbocycles. The summed E-state index contributed by atoms with van der Waals surface area (Å²) in [6.45, 7) is 6.55. The van der Waals surface area contributed by atoms with Gasteiger partial charge in [0.15, 0.2) is 0 Å². The number of hydrogen-bond donors (Lipinski definition) is 1. The van der Waals surface area contributed by atoms with Crippen molar-refractivity contribution in [2.24, 2.45) is 11.8 Å². The molecule has 2 amide bonds. The molecule has 4 heteroatoms. The third kappa shape index (κ3) is 5.03. The van der Waals surface area contributed by atoms with Crippen molar-refractivity contribution in [3.63, 3.8) is 0 Å². The predicted molar refractivity (Wildman–Crippen MR) is 82.6 cm³/mol. The van der Waals surface area contributed by atoms with Crippen molar-refractivity contribution < 1.29 is 9.18 Å². The summed E-state index contributed by atoms with van der Waals surface area (Å²) in [5.74, 6) is 0.880. The molecular formula is C17H25FN2O. The molecular weight excluding hydrogens is 267 g/mol. The van der Waals surface area contributed by atoms with Gasteiger partial charge in [-0.3, -0.25) is 0 Å². The number of carbonyl (C=O) groups is 1. The minimum atomic E-state index is -0.185. The zero-order valence-electron chi connectivity index (χ0n) is 12.9. The summed E-state index contributed by atoms with van der Waals surface area (Å²) in [4.78, 5) is 13.9. The molecule has 0 unspecified atom stereocenters. The van der Waals surface area contributed by atoms with E-state index in [1.54, 1.807) is 0 Å². The van der Waals surface area contributed by atoms with E-state index in [0.29, 0.717) is 11.8 Å². The summed E-state index contributed by atoms with van der Waals surface area (Å²) in [5.41, 5.74) is 1.18. The first-order valence-electron chi connectivity index (χ1n) is 7.82. The lowest BCUT2D eigenvalue weighted by molar-refractivity contribution is 0.169. The Morgan fingerprint density at radius 1 is 1.29 bits per heavy atom. The molecule has 1 N–H and O–H groups in total. The van der Waals surface area contributed by atoms with Crippen LogP contribution in [0.1, 0.15) is 32.3 Å². The number of hydrogen-bond acceptors (Lipinski definition) is 1. The van der Waals surface area contributed by atoms with Gasteiger partial charge in [0, 0.05) is 19.6 Å². The Kier molecular flexibility index (Phi) is 5.59. The first-order valence-corrected chi connectivity index (χ1v) is 7.82. The number of nitrogens with one attached hydrogen (secondary N) is 1. The van der Waals surface area contributed by atoms with Gasteiger partial charge in [0.1, 0.15) is 5.82 Å². The van der Waals surface area contributed by atoms with Crippen LogP contribution in [-0.4, -0.2) is 30.6 Å². The topological polar surface area (TPSA) is 32.3 Å². The molecule has 3 nitrogen and oxygen atoms in total. The fraction of sp³-hybridized carbons (Fsp3) is 0.588. The number of likely N-dealkylation sites (tertiary alicyclic amines) is 1. The SMILES string of the molecule is CC(C)CNC(=O)N1CCC(Cc2ccc(F)cc2)CC1. The van der Waals surface area contributed by atoms with Gasteiger partial charge in [0.2, 0.25) is 0 Å². The maximum absolute atomic E-state index is 12.9. The lowest BCUT2D eigenvalue weighted by atomic mass is 9.90. The zero-order chi connectivity index (χ0) is 15.2. The van der Waals surface area contributed by atoms with Crippen LogP contribution in [0.4, 0.5) is 9.18 Å². The van der Waals surface area contributed by atoms with Gasteiger partial charge in [-0.1, -0.05) is 26.0 Å². The van der Waals surface area contributed by atoms with Gasteiger partial charge >= 0.3 is 6.03 Å². The van der Waals surface area contributed by atoms with Gasteiger partial charge in [-0.25, -0.2) is 9.18 Å². The monoisotopic (exact) mass is 292 g/mol. The third-order valence-electron chi connectivity index (χ3n) is 4.00. The first-order chi connectivity index (χ1) is 10.0. The molecule has 1 aliphatic heterocycles. The molecule has 1 aliphatic rings. The maximum Gasteiger partial charge on any atom is 0.317 e. The molecule has 21 heavy (non-hydrogen) atoms. The Bertz CT molecular complexity index is 450. The van der Waals surface area contributed by atoms with Crippen LogP contribution < -0.4 is 5.32 Å². The molecule has 0 radical (unpaired) electrons. The number of urea groups is 1. The normalized spacial score (nSPS) is 16.3. The number of halogens is 1. The molecule has 1 heterocycles. The van der Waals surface area contributed by atoms with Crippen molar-refractivity contribution in [3.8, 4) is 0 Å². The van der Waals surface area contributed by atoms with Gasteiger partial charge < -0.3 is 10.2 Å². The number of benzene rings is 1. The molecule has 0 aromatic heterocycles. The van der Waals surface area contributed by atoms with Crippen LogP contribution in [0, 0.1) is 17.7 Å². The standard InChI is InChI=1S/C17H25FN2O/c1-13(2)12-19-17(21)20-9-7-15(8-10-20)11-14-3-5-16(18)6-4-14/h3-6,13,15H,7-12H2,1-2H3,(H,19,21). The maximum atomic E-state index is 12.9. The Morgan fingerprint density at radius 2 is 1.90 bits per heavy atom. The molecule has 0 bridgehead atoms. The summed E-state index contributed by atoms with van der Waals surface area (Å²) < 4.78 is 12.9. The Balaban J connectivity index is 1.75. The highest BCUT2D eigenvalue weighted by molar-refractivity contribution is 5.74. The highest BCUT2D eigenvalue weighted by Crippen LogP contribution is 2.21. The van der Waals surface area contributed by atoms with E-state index in [0.717, 1.165) is 38.9 Å². The van der Waals surface area contributed by atoms with Crippen LogP contribution in [0.2, 0.25) is 0 Å². The van der Waals surface area contributed by atoms with Gasteiger partial charge in [0.25, 0.3) is 0 Å². The van der Waals surface area contributed by atoms with E-state index in [1.807, 2.05) is 17.0 Å². The van der Waals surface area contributed by atoms with E-state index in [4.69, 9.17) is 0 Å². The average molecular weight is 292 g/mol. The van der Waals surface area contributed by atoms with Crippen molar-refractivity contribution in [1.82, 2.24) is 10.2 Å². The number of amides is 2. The number of piperidine rings is 1. The second kappa shape index (κ2) is 7.43. The summed E-state index contributed by atoms with van der Waals surface area (Å²) in [5, 5.41) is 2.97. The van der Waals surface area contributed by atoms with E-state index in [-0.39, 0.29) is 11.8 Å². The fourth-order valence-corrected chi connectivity index (χ4v) is 2.70. The molecule has 0 spiro atoms. The van der Waals surface area contributed by atoms with Gasteiger partial charge in [-0.05, 0) is 48.8 Å². The van der Waals surface area contributed by atoms with Crippen molar-refractivity contribution >= 4 is 6.03 Å². The van der Waals surface area contributed by atoms with E-state index in [2.05, 4.69) is 19.2 Å². The predicted octanol–water partition coefficient (Wildman–Crippen LogP) is 3.45. The largest absolute Gasteiger partial charge is 0.338 e. The van der Waals surface area contributed by atoms with Crippen LogP contribution in [0.3, 0.4) is 0 Å². The van der Waals surface area contributed by atoms with Crippen LogP contribution in [-0.2, 0) is 6.42 Å². The quantitative estimate of drug-likeness (QED) is 0.906. The van der Waals surface area contributed by atoms with Crippen molar-refractivity contribution in [3.05, 3.63) is 35.6 Å². The number of carbonyl (C=O) groups excluding carboxylic acids is 1. The van der Waals surface area contributed by atoms with E-state index < -0.39 is 0 Å². The molecule has 1 aromatic carbocycles. The molecule has 1 aromatic rings. The van der Waals surface area contributed by atoms with Crippen molar-refractivity contribution in [2.75, 3.05) is 19.6 Å². The van der Waals surface area contributed by atoms with E-state index in [9.17, 15) is 9.18 Å². The Morgan fingerprint density at radius 3 is 2.48 bits per heavy atom. The summed E-state index contributed by atoms with van der Waals surface area (Å²) in [6.07, 6.45) is 3.01. The minimum absolute atomic E-state index is 0.0592. The first kappa shape index (κ1) is 15.8. The second-order valence-electron chi connectivity index (χ2n) is 6.34. The molecule has 1 fully saturated rings. The highest BCUT2D eigenvalue weighted by Gasteiger charge is 2.22. The number of rotatable bonds is 4. The average Bonchev–Trinajstić information content (AvgIpc) is 2.48. The lowest BCUT2D eigenvalue weighted by Crippen LogP contribution is -2.45. The Labute approximate surface area is 126 Å². The van der Waals surface area contributed by atoms with Crippen molar-refractivity contribution in [2.45, 2.75) is 33.1 Å². The van der Waals surface area contributed by atoms with Crippen molar-refractivity contribution in [1.29, 1.82) is 0 Å². The molecule has 116 valence electrons.